The van der Waals surface area contributed by atoms with Gasteiger partial charge in [-0.25, -0.2) is 0 Å². The number of halogens is 3. The highest BCUT2D eigenvalue weighted by Crippen LogP contribution is 2.24. The molecule has 1 nitrogen and oxygen atoms in total. The number of benzene rings is 2. The number of ether oxygens (including phenoxy) is 1. The highest BCUT2D eigenvalue weighted by Gasteiger charge is 2.25. The Bertz CT molecular complexity index is 638. The van der Waals surface area contributed by atoms with Gasteiger partial charge in [0.1, 0.15) is 12.4 Å². The van der Waals surface area contributed by atoms with Crippen LogP contribution in [0.15, 0.2) is 54.6 Å². The lowest BCUT2D eigenvalue weighted by molar-refractivity contribution is -0.135. The lowest BCUT2D eigenvalue weighted by atomic mass is 10.0. The maximum atomic E-state index is 12.1. The van der Waals surface area contributed by atoms with E-state index in [1.807, 2.05) is 36.4 Å². The molecule has 0 atom stereocenters. The van der Waals surface area contributed by atoms with Crippen molar-refractivity contribution >= 4 is 0 Å². The van der Waals surface area contributed by atoms with Gasteiger partial charge in [0.25, 0.3) is 0 Å². The Kier molecular flexibility index (Phi) is 9.23. The molecule has 0 fully saturated rings. The van der Waals surface area contributed by atoms with Crippen LogP contribution in [-0.2, 0) is 13.0 Å². The molecule has 0 heterocycles. The fourth-order valence-electron chi connectivity index (χ4n) is 3.11. The Hall–Kier alpha value is -1.97. The highest BCUT2D eigenvalue weighted by atomic mass is 19.4. The smallest absolute Gasteiger partial charge is 0.389 e. The Labute approximate surface area is 160 Å². The Morgan fingerprint density at radius 3 is 1.96 bits per heavy atom. The average Bonchev–Trinajstić information content (AvgIpc) is 2.66. The summed E-state index contributed by atoms with van der Waals surface area (Å²) in [5, 5.41) is 0. The summed E-state index contributed by atoms with van der Waals surface area (Å²) in [6, 6.07) is 18.3. The first-order chi connectivity index (χ1) is 13.0. The SMILES string of the molecule is FC(F)(F)CCCCCCCCCc1ccccc1OCc1ccccc1. The van der Waals surface area contributed by atoms with Crippen molar-refractivity contribution in [3.05, 3.63) is 65.7 Å². The summed E-state index contributed by atoms with van der Waals surface area (Å²) < 4.78 is 42.2. The summed E-state index contributed by atoms with van der Waals surface area (Å²) in [5.74, 6) is 0.938. The second-order valence-electron chi connectivity index (χ2n) is 6.97. The van der Waals surface area contributed by atoms with E-state index >= 15 is 0 Å². The predicted octanol–water partition coefficient (Wildman–Crippen LogP) is 7.49. The third kappa shape index (κ3) is 9.50. The molecule has 0 N–H and O–H groups in total. The molecule has 0 bridgehead atoms. The molecule has 0 unspecified atom stereocenters. The van der Waals surface area contributed by atoms with Gasteiger partial charge in [0, 0.05) is 6.42 Å². The van der Waals surface area contributed by atoms with Crippen molar-refractivity contribution in [2.45, 2.75) is 70.6 Å². The van der Waals surface area contributed by atoms with Gasteiger partial charge in [-0.2, -0.15) is 13.2 Å². The number of hydrogen-bond donors (Lipinski definition) is 0. The summed E-state index contributed by atoms with van der Waals surface area (Å²) in [5.41, 5.74) is 2.37. The van der Waals surface area contributed by atoms with Gasteiger partial charge in [-0.15, -0.1) is 0 Å². The first kappa shape index (κ1) is 21.3. The normalized spacial score (nSPS) is 11.5. The maximum Gasteiger partial charge on any atom is 0.389 e. The molecule has 0 aromatic heterocycles. The summed E-state index contributed by atoms with van der Waals surface area (Å²) in [7, 11) is 0. The summed E-state index contributed by atoms with van der Waals surface area (Å²) in [4.78, 5) is 0. The minimum atomic E-state index is -4.00. The lowest BCUT2D eigenvalue weighted by Gasteiger charge is -2.11. The van der Waals surface area contributed by atoms with Gasteiger partial charge in [-0.3, -0.25) is 0 Å². The molecule has 0 saturated heterocycles. The largest absolute Gasteiger partial charge is 0.489 e. The molecule has 2 rings (SSSR count). The molecule has 0 aliphatic rings. The second kappa shape index (κ2) is 11.7. The number of hydrogen-bond acceptors (Lipinski definition) is 1. The predicted molar refractivity (Wildman–Crippen MR) is 104 cm³/mol. The Morgan fingerprint density at radius 2 is 1.26 bits per heavy atom. The van der Waals surface area contributed by atoms with E-state index in [1.54, 1.807) is 0 Å². The third-order valence-electron chi connectivity index (χ3n) is 4.62. The fourth-order valence-corrected chi connectivity index (χ4v) is 3.11. The highest BCUT2D eigenvalue weighted by molar-refractivity contribution is 5.33. The first-order valence-electron chi connectivity index (χ1n) is 9.86. The standard InChI is InChI=1S/C23H29F3O/c24-23(25,26)18-12-5-3-1-2-4-9-15-21-16-10-11-17-22(21)27-19-20-13-7-6-8-14-20/h6-8,10-11,13-14,16-17H,1-5,9,12,15,18-19H2. The third-order valence-corrected chi connectivity index (χ3v) is 4.62. The lowest BCUT2D eigenvalue weighted by Crippen LogP contribution is -2.06. The Balaban J connectivity index is 1.60. The van der Waals surface area contributed by atoms with Crippen LogP contribution in [0, 0.1) is 0 Å². The van der Waals surface area contributed by atoms with E-state index in [4.69, 9.17) is 4.74 Å². The summed E-state index contributed by atoms with van der Waals surface area (Å²) >= 11 is 0. The topological polar surface area (TPSA) is 9.23 Å². The van der Waals surface area contributed by atoms with Gasteiger partial charge >= 0.3 is 6.18 Å². The Morgan fingerprint density at radius 1 is 0.667 bits per heavy atom. The summed E-state index contributed by atoms with van der Waals surface area (Å²) in [6.45, 7) is 0.565. The fraction of sp³-hybridized carbons (Fsp3) is 0.478. The molecule has 27 heavy (non-hydrogen) atoms. The van der Waals surface area contributed by atoms with E-state index in [2.05, 4.69) is 18.2 Å². The van der Waals surface area contributed by atoms with Crippen LogP contribution in [-0.4, -0.2) is 6.18 Å². The van der Waals surface area contributed by atoms with Crippen molar-refractivity contribution < 1.29 is 17.9 Å². The molecular weight excluding hydrogens is 349 g/mol. The number of rotatable bonds is 12. The molecule has 0 aliphatic heterocycles. The van der Waals surface area contributed by atoms with Crippen LogP contribution in [0.25, 0.3) is 0 Å². The number of alkyl halides is 3. The molecule has 0 amide bonds. The van der Waals surface area contributed by atoms with E-state index in [-0.39, 0.29) is 6.42 Å². The zero-order chi connectivity index (χ0) is 19.4. The van der Waals surface area contributed by atoms with Crippen LogP contribution in [0.5, 0.6) is 5.75 Å². The minimum Gasteiger partial charge on any atom is -0.489 e. The van der Waals surface area contributed by atoms with Crippen molar-refractivity contribution in [3.63, 3.8) is 0 Å². The molecular formula is C23H29F3O. The molecule has 0 saturated carbocycles. The molecule has 2 aromatic rings. The zero-order valence-electron chi connectivity index (χ0n) is 15.8. The van der Waals surface area contributed by atoms with E-state index in [1.165, 1.54) is 5.56 Å². The summed E-state index contributed by atoms with van der Waals surface area (Å²) in [6.07, 6.45) is 2.43. The molecule has 0 aliphatic carbocycles. The van der Waals surface area contributed by atoms with Gasteiger partial charge in [0.05, 0.1) is 0 Å². The van der Waals surface area contributed by atoms with Crippen molar-refractivity contribution in [3.8, 4) is 5.75 Å². The van der Waals surface area contributed by atoms with Gasteiger partial charge in [-0.05, 0) is 36.5 Å². The van der Waals surface area contributed by atoms with Crippen LogP contribution in [0.4, 0.5) is 13.2 Å². The van der Waals surface area contributed by atoms with Gasteiger partial charge in [-0.1, -0.05) is 80.6 Å². The van der Waals surface area contributed by atoms with E-state index in [9.17, 15) is 13.2 Å². The molecule has 0 radical (unpaired) electrons. The minimum absolute atomic E-state index is 0.260. The second-order valence-corrected chi connectivity index (χ2v) is 6.97. The van der Waals surface area contributed by atoms with Crippen LogP contribution in [0.1, 0.15) is 62.5 Å². The van der Waals surface area contributed by atoms with E-state index < -0.39 is 12.6 Å². The van der Waals surface area contributed by atoms with Crippen LogP contribution >= 0.6 is 0 Å². The average molecular weight is 378 g/mol. The van der Waals surface area contributed by atoms with Crippen molar-refractivity contribution in [1.29, 1.82) is 0 Å². The first-order valence-corrected chi connectivity index (χ1v) is 9.86. The molecule has 4 heteroatoms. The van der Waals surface area contributed by atoms with E-state index in [0.717, 1.165) is 49.8 Å². The number of para-hydroxylation sites is 1. The van der Waals surface area contributed by atoms with Crippen molar-refractivity contribution in [2.75, 3.05) is 0 Å². The van der Waals surface area contributed by atoms with Gasteiger partial charge < -0.3 is 4.74 Å². The molecule has 2 aromatic carbocycles. The molecule has 148 valence electrons. The van der Waals surface area contributed by atoms with Crippen molar-refractivity contribution in [1.82, 2.24) is 0 Å². The zero-order valence-corrected chi connectivity index (χ0v) is 15.8. The van der Waals surface area contributed by atoms with Gasteiger partial charge in [0.2, 0.25) is 0 Å². The van der Waals surface area contributed by atoms with E-state index in [0.29, 0.717) is 13.0 Å². The van der Waals surface area contributed by atoms with Gasteiger partial charge in [0.15, 0.2) is 0 Å². The number of aryl methyl sites for hydroxylation is 1. The van der Waals surface area contributed by atoms with Crippen LogP contribution in [0.3, 0.4) is 0 Å². The quantitative estimate of drug-likeness (QED) is 0.348. The number of unbranched alkanes of at least 4 members (excludes halogenated alkanes) is 6. The van der Waals surface area contributed by atoms with Crippen LogP contribution < -0.4 is 4.74 Å². The monoisotopic (exact) mass is 378 g/mol. The van der Waals surface area contributed by atoms with Crippen molar-refractivity contribution in [2.24, 2.45) is 0 Å². The maximum absolute atomic E-state index is 12.1. The van der Waals surface area contributed by atoms with Crippen LogP contribution in [0.2, 0.25) is 0 Å². The molecule has 0 spiro atoms.